The van der Waals surface area contributed by atoms with Crippen molar-refractivity contribution >= 4 is 18.6 Å². The van der Waals surface area contributed by atoms with Crippen molar-refractivity contribution in [1.29, 1.82) is 0 Å². The normalized spacial score (nSPS) is 10.3. The van der Waals surface area contributed by atoms with Crippen molar-refractivity contribution in [2.75, 3.05) is 12.4 Å². The van der Waals surface area contributed by atoms with Gasteiger partial charge in [0.15, 0.2) is 0 Å². The number of hydrogen-bond acceptors (Lipinski definition) is 3. The third kappa shape index (κ3) is 29.7. The largest absolute Gasteiger partial charge is 0.481 e. The number of unbranched alkanes of at least 4 members (excludes halogenated alkanes) is 15. The molecule has 0 aliphatic rings. The highest BCUT2D eigenvalue weighted by molar-refractivity contribution is 7.81. The van der Waals surface area contributed by atoms with E-state index in [1.165, 1.54) is 96.3 Å². The van der Waals surface area contributed by atoms with Crippen molar-refractivity contribution in [3.8, 4) is 0 Å². The zero-order valence-electron chi connectivity index (χ0n) is 16.0. The Morgan fingerprint density at radius 3 is 1.12 bits per heavy atom. The van der Waals surface area contributed by atoms with Crippen molar-refractivity contribution in [3.63, 3.8) is 0 Å². The number of hydrogen-bond donors (Lipinski definition) is 3. The Morgan fingerprint density at radius 2 is 0.917 bits per heavy atom. The molecule has 0 aliphatic heterocycles. The van der Waals surface area contributed by atoms with Crippen LogP contribution in [-0.4, -0.2) is 28.5 Å². The van der Waals surface area contributed by atoms with E-state index >= 15 is 0 Å². The maximum atomic E-state index is 9.29. The molecule has 0 radical (unpaired) electrons. The highest BCUT2D eigenvalue weighted by atomic mass is 32.1. The van der Waals surface area contributed by atoms with Crippen LogP contribution in [0.5, 0.6) is 0 Å². The van der Waals surface area contributed by atoms with Gasteiger partial charge in [0.05, 0.1) is 5.75 Å². The minimum absolute atomic E-state index is 0.0833. The maximum Gasteiger partial charge on any atom is 0.313 e. The minimum atomic E-state index is -0.881. The van der Waals surface area contributed by atoms with E-state index in [4.69, 9.17) is 10.2 Å². The zero-order valence-corrected chi connectivity index (χ0v) is 16.9. The average molecular weight is 363 g/mol. The second-order valence-corrected chi connectivity index (χ2v) is 6.89. The molecule has 0 bridgehead atoms. The van der Waals surface area contributed by atoms with Crippen LogP contribution in [0.15, 0.2) is 0 Å². The minimum Gasteiger partial charge on any atom is -0.481 e. The van der Waals surface area contributed by atoms with Gasteiger partial charge < -0.3 is 10.2 Å². The number of carboxylic acid groups (broad SMARTS) is 1. The van der Waals surface area contributed by atoms with Crippen LogP contribution < -0.4 is 0 Å². The van der Waals surface area contributed by atoms with Crippen molar-refractivity contribution in [2.24, 2.45) is 0 Å². The van der Waals surface area contributed by atoms with E-state index in [-0.39, 0.29) is 5.75 Å². The molecule has 0 atom stereocenters. The Bertz CT molecular complexity index is 219. The van der Waals surface area contributed by atoms with Gasteiger partial charge in [0.25, 0.3) is 0 Å². The summed E-state index contributed by atoms with van der Waals surface area (Å²) in [5, 5.41) is 16.3. The first kappa shape index (κ1) is 26.0. The van der Waals surface area contributed by atoms with Crippen LogP contribution in [0.1, 0.15) is 110 Å². The van der Waals surface area contributed by atoms with Gasteiger partial charge >= 0.3 is 5.97 Å². The lowest BCUT2D eigenvalue weighted by atomic mass is 10.0. The van der Waals surface area contributed by atoms with Gasteiger partial charge in [-0.05, 0) is 6.42 Å². The van der Waals surface area contributed by atoms with Gasteiger partial charge in [0, 0.05) is 6.61 Å². The van der Waals surface area contributed by atoms with Gasteiger partial charge in [-0.3, -0.25) is 4.79 Å². The number of aliphatic hydroxyl groups is 1. The molecule has 0 saturated heterocycles. The van der Waals surface area contributed by atoms with E-state index in [0.717, 1.165) is 6.42 Å². The van der Waals surface area contributed by atoms with E-state index in [1.807, 2.05) is 0 Å². The van der Waals surface area contributed by atoms with Crippen molar-refractivity contribution < 1.29 is 15.0 Å². The molecule has 0 heterocycles. The van der Waals surface area contributed by atoms with Gasteiger partial charge in [0.1, 0.15) is 0 Å². The molecule has 0 aliphatic carbocycles. The van der Waals surface area contributed by atoms with Gasteiger partial charge in [-0.25, -0.2) is 0 Å². The summed E-state index contributed by atoms with van der Waals surface area (Å²) >= 11 is 3.42. The van der Waals surface area contributed by atoms with Gasteiger partial charge in [-0.1, -0.05) is 103 Å². The van der Waals surface area contributed by atoms with E-state index in [9.17, 15) is 4.79 Å². The topological polar surface area (TPSA) is 57.5 Å². The third-order valence-electron chi connectivity index (χ3n) is 4.15. The van der Waals surface area contributed by atoms with Crippen molar-refractivity contribution in [3.05, 3.63) is 0 Å². The molecule has 3 nitrogen and oxygen atoms in total. The molecule has 146 valence electrons. The fourth-order valence-electron chi connectivity index (χ4n) is 2.66. The highest BCUT2D eigenvalue weighted by Gasteiger charge is 1.94. The lowest BCUT2D eigenvalue weighted by Crippen LogP contribution is -1.92. The van der Waals surface area contributed by atoms with Crippen LogP contribution >= 0.6 is 12.6 Å². The number of carboxylic acids is 1. The van der Waals surface area contributed by atoms with E-state index in [0.29, 0.717) is 6.61 Å². The zero-order chi connectivity index (χ0) is 18.3. The lowest BCUT2D eigenvalue weighted by Gasteiger charge is -2.03. The van der Waals surface area contributed by atoms with Crippen LogP contribution in [0.3, 0.4) is 0 Å². The fourth-order valence-corrected chi connectivity index (χ4v) is 2.66. The van der Waals surface area contributed by atoms with Crippen LogP contribution in [0.4, 0.5) is 0 Å². The molecule has 0 spiro atoms. The summed E-state index contributed by atoms with van der Waals surface area (Å²) in [6, 6.07) is 0. The Kier molecular flexibility index (Phi) is 27.1. The number of aliphatic hydroxyl groups excluding tert-OH is 1. The molecule has 0 saturated carbocycles. The van der Waals surface area contributed by atoms with E-state index in [2.05, 4.69) is 19.6 Å². The molecule has 24 heavy (non-hydrogen) atoms. The number of thiol groups is 1. The molecule has 0 fully saturated rings. The first-order chi connectivity index (χ1) is 11.7. The monoisotopic (exact) mass is 362 g/mol. The lowest BCUT2D eigenvalue weighted by molar-refractivity contribution is -0.133. The summed E-state index contributed by atoms with van der Waals surface area (Å²) in [6.07, 6.45) is 22.2. The summed E-state index contributed by atoms with van der Waals surface area (Å²) < 4.78 is 0. The summed E-state index contributed by atoms with van der Waals surface area (Å²) in [4.78, 5) is 9.29. The maximum absolute atomic E-state index is 9.29. The average Bonchev–Trinajstić information content (AvgIpc) is 2.59. The summed E-state index contributed by atoms with van der Waals surface area (Å²) in [6.45, 7) is 2.66. The van der Waals surface area contributed by atoms with Crippen LogP contribution in [0, 0.1) is 0 Å². The van der Waals surface area contributed by atoms with Gasteiger partial charge in [0.2, 0.25) is 0 Å². The van der Waals surface area contributed by atoms with E-state index < -0.39 is 5.97 Å². The second kappa shape index (κ2) is 25.0. The molecule has 0 aromatic carbocycles. The molecule has 0 amide bonds. The molecule has 0 aromatic rings. The molecule has 0 rings (SSSR count). The molecule has 2 N–H and O–H groups in total. The first-order valence-electron chi connectivity index (χ1n) is 10.1. The molecule has 0 aromatic heterocycles. The van der Waals surface area contributed by atoms with Gasteiger partial charge in [-0.15, -0.1) is 0 Å². The first-order valence-corrected chi connectivity index (χ1v) is 10.8. The predicted molar refractivity (Wildman–Crippen MR) is 108 cm³/mol. The Labute approximate surface area is 156 Å². The Hall–Kier alpha value is -0.220. The second-order valence-electron chi connectivity index (χ2n) is 6.58. The molecular formula is C20H42O3S. The molecule has 0 unspecified atom stereocenters. The Morgan fingerprint density at radius 1 is 0.667 bits per heavy atom. The summed E-state index contributed by atoms with van der Waals surface area (Å²) in [7, 11) is 0. The smallest absolute Gasteiger partial charge is 0.313 e. The quantitative estimate of drug-likeness (QED) is 0.212. The highest BCUT2D eigenvalue weighted by Crippen LogP contribution is 2.13. The number of carbonyl (C=O) groups is 1. The van der Waals surface area contributed by atoms with Crippen LogP contribution in [-0.2, 0) is 4.79 Å². The van der Waals surface area contributed by atoms with Crippen LogP contribution in [0.2, 0.25) is 0 Å². The van der Waals surface area contributed by atoms with Crippen LogP contribution in [0.25, 0.3) is 0 Å². The fraction of sp³-hybridized carbons (Fsp3) is 0.950. The Balaban J connectivity index is 0. The van der Waals surface area contributed by atoms with Crippen molar-refractivity contribution in [1.82, 2.24) is 0 Å². The number of rotatable bonds is 17. The standard InChI is InChI=1S/C18H38O.C2H4O2S/c1-2-3-4-5-6-7-8-9-10-11-12-13-14-15-16-17-18-19;3-2(4)1-5/h19H,2-18H2,1H3;5H,1H2,(H,3,4). The predicted octanol–water partition coefficient (Wildman–Crippen LogP) is 6.24. The number of aliphatic carboxylic acids is 1. The molecule has 4 heteroatoms. The third-order valence-corrected chi connectivity index (χ3v) is 4.42. The van der Waals surface area contributed by atoms with Gasteiger partial charge in [-0.2, -0.15) is 12.6 Å². The molecular weight excluding hydrogens is 320 g/mol. The van der Waals surface area contributed by atoms with Crippen molar-refractivity contribution in [2.45, 2.75) is 110 Å². The SMILES string of the molecule is CCCCCCCCCCCCCCCCCCO.O=C(O)CS. The summed E-state index contributed by atoms with van der Waals surface area (Å²) in [5.41, 5.74) is 0. The summed E-state index contributed by atoms with van der Waals surface area (Å²) in [5.74, 6) is -0.965. The van der Waals surface area contributed by atoms with E-state index in [1.54, 1.807) is 0 Å².